The lowest BCUT2D eigenvalue weighted by Crippen LogP contribution is -2.12. The Labute approximate surface area is 138 Å². The van der Waals surface area contributed by atoms with Gasteiger partial charge in [-0.25, -0.2) is 0 Å². The lowest BCUT2D eigenvalue weighted by atomic mass is 10.0. The first-order valence-electron chi connectivity index (χ1n) is 6.75. The van der Waals surface area contributed by atoms with Crippen molar-refractivity contribution in [3.63, 3.8) is 0 Å². The van der Waals surface area contributed by atoms with E-state index >= 15 is 0 Å². The highest BCUT2D eigenvalue weighted by molar-refractivity contribution is 9.10. The van der Waals surface area contributed by atoms with Gasteiger partial charge in [0.05, 0.1) is 5.69 Å². The molecule has 0 aliphatic carbocycles. The van der Waals surface area contributed by atoms with Crippen LogP contribution in [-0.2, 0) is 0 Å². The highest BCUT2D eigenvalue weighted by Gasteiger charge is 2.10. The van der Waals surface area contributed by atoms with E-state index in [1.54, 1.807) is 6.07 Å². The predicted molar refractivity (Wildman–Crippen MR) is 92.4 cm³/mol. The summed E-state index contributed by atoms with van der Waals surface area (Å²) in [6.07, 6.45) is 0. The Hall–Kier alpha value is -1.32. The lowest BCUT2D eigenvalue weighted by molar-refractivity contribution is 0.102. The zero-order valence-electron chi connectivity index (χ0n) is 12.2. The average molecular weight is 367 g/mol. The Morgan fingerprint density at radius 1 is 1.19 bits per heavy atom. The lowest BCUT2D eigenvalue weighted by Gasteiger charge is -2.10. The Kier molecular flexibility index (Phi) is 5.07. The molecule has 2 aromatic carbocycles. The number of amides is 1. The molecule has 0 bridgehead atoms. The molecule has 0 aliphatic heterocycles. The molecule has 0 aliphatic rings. The second kappa shape index (κ2) is 6.63. The van der Waals surface area contributed by atoms with Gasteiger partial charge in [-0.2, -0.15) is 0 Å². The molecule has 2 rings (SSSR count). The molecule has 0 saturated heterocycles. The fraction of sp³-hybridized carbons (Fsp3) is 0.235. The fourth-order valence-corrected chi connectivity index (χ4v) is 2.68. The van der Waals surface area contributed by atoms with Crippen molar-refractivity contribution in [1.29, 1.82) is 0 Å². The molecule has 0 heterocycles. The topological polar surface area (TPSA) is 29.1 Å². The Morgan fingerprint density at radius 3 is 2.38 bits per heavy atom. The van der Waals surface area contributed by atoms with Crippen LogP contribution in [0, 0.1) is 6.92 Å². The summed E-state index contributed by atoms with van der Waals surface area (Å²) in [7, 11) is 0. The van der Waals surface area contributed by atoms with Crippen molar-refractivity contribution < 1.29 is 4.79 Å². The molecule has 1 N–H and O–H groups in total. The largest absolute Gasteiger partial charge is 0.321 e. The molecule has 0 spiro atoms. The Morgan fingerprint density at radius 2 is 1.81 bits per heavy atom. The standard InChI is InChI=1S/C17H17BrClNO/c1-10(2)12-4-6-13(7-5-12)17(21)20-16-9-15(19)11(3)8-14(16)18/h4-10H,1-3H3,(H,20,21). The maximum atomic E-state index is 12.3. The number of hydrogen-bond acceptors (Lipinski definition) is 1. The van der Waals surface area contributed by atoms with Crippen molar-refractivity contribution in [3.8, 4) is 0 Å². The smallest absolute Gasteiger partial charge is 0.255 e. The van der Waals surface area contributed by atoms with Crippen LogP contribution < -0.4 is 5.32 Å². The summed E-state index contributed by atoms with van der Waals surface area (Å²) in [4.78, 5) is 12.3. The van der Waals surface area contributed by atoms with Crippen molar-refractivity contribution in [2.24, 2.45) is 0 Å². The second-order valence-corrected chi connectivity index (χ2v) is 6.57. The third-order valence-corrected chi connectivity index (χ3v) is 4.40. The molecular weight excluding hydrogens is 350 g/mol. The fourth-order valence-electron chi connectivity index (χ4n) is 1.96. The number of hydrogen-bond donors (Lipinski definition) is 1. The summed E-state index contributed by atoms with van der Waals surface area (Å²) in [6.45, 7) is 6.17. The first kappa shape index (κ1) is 16.1. The van der Waals surface area contributed by atoms with E-state index in [0.29, 0.717) is 22.2 Å². The number of carbonyl (C=O) groups excluding carboxylic acids is 1. The quantitative estimate of drug-likeness (QED) is 0.732. The van der Waals surface area contributed by atoms with Gasteiger partial charge in [-0.15, -0.1) is 0 Å². The minimum absolute atomic E-state index is 0.147. The number of halogens is 2. The minimum atomic E-state index is -0.147. The van der Waals surface area contributed by atoms with Gasteiger partial charge >= 0.3 is 0 Å². The van der Waals surface area contributed by atoms with E-state index in [2.05, 4.69) is 35.1 Å². The van der Waals surface area contributed by atoms with Gasteiger partial charge in [0, 0.05) is 15.1 Å². The van der Waals surface area contributed by atoms with Crippen LogP contribution in [0.15, 0.2) is 40.9 Å². The summed E-state index contributed by atoms with van der Waals surface area (Å²) >= 11 is 9.54. The number of aryl methyl sites for hydroxylation is 1. The van der Waals surface area contributed by atoms with Crippen molar-refractivity contribution in [3.05, 3.63) is 62.6 Å². The van der Waals surface area contributed by atoms with E-state index in [1.807, 2.05) is 37.3 Å². The molecule has 1 amide bonds. The maximum Gasteiger partial charge on any atom is 0.255 e. The zero-order valence-corrected chi connectivity index (χ0v) is 14.5. The minimum Gasteiger partial charge on any atom is -0.321 e. The number of carbonyl (C=O) groups is 1. The maximum absolute atomic E-state index is 12.3. The van der Waals surface area contributed by atoms with Crippen LogP contribution in [-0.4, -0.2) is 5.91 Å². The van der Waals surface area contributed by atoms with Crippen LogP contribution in [0.5, 0.6) is 0 Å². The van der Waals surface area contributed by atoms with Crippen LogP contribution in [0.25, 0.3) is 0 Å². The molecule has 0 saturated carbocycles. The summed E-state index contributed by atoms with van der Waals surface area (Å²) in [5, 5.41) is 3.50. The summed E-state index contributed by atoms with van der Waals surface area (Å²) in [5.41, 5.74) is 3.47. The molecule has 0 atom stereocenters. The molecular formula is C17H17BrClNO. The van der Waals surface area contributed by atoms with Gasteiger partial charge in [-0.05, 0) is 64.2 Å². The van der Waals surface area contributed by atoms with Gasteiger partial charge in [0.15, 0.2) is 0 Å². The number of nitrogens with one attached hydrogen (secondary N) is 1. The van der Waals surface area contributed by atoms with Gasteiger partial charge in [-0.3, -0.25) is 4.79 Å². The molecule has 0 radical (unpaired) electrons. The molecule has 4 heteroatoms. The van der Waals surface area contributed by atoms with Crippen LogP contribution >= 0.6 is 27.5 Å². The molecule has 21 heavy (non-hydrogen) atoms. The normalized spacial score (nSPS) is 10.8. The molecule has 0 fully saturated rings. The van der Waals surface area contributed by atoms with Gasteiger partial charge < -0.3 is 5.32 Å². The average Bonchev–Trinajstić information content (AvgIpc) is 2.44. The highest BCUT2D eigenvalue weighted by atomic mass is 79.9. The van der Waals surface area contributed by atoms with Crippen molar-refractivity contribution in [2.75, 3.05) is 5.32 Å². The van der Waals surface area contributed by atoms with Crippen LogP contribution in [0.1, 0.15) is 41.3 Å². The first-order valence-corrected chi connectivity index (χ1v) is 7.92. The first-order chi connectivity index (χ1) is 9.88. The van der Waals surface area contributed by atoms with E-state index in [9.17, 15) is 4.79 Å². The van der Waals surface area contributed by atoms with Gasteiger partial charge in [-0.1, -0.05) is 37.6 Å². The van der Waals surface area contributed by atoms with E-state index in [-0.39, 0.29) is 5.91 Å². The van der Waals surface area contributed by atoms with Gasteiger partial charge in [0.1, 0.15) is 0 Å². The zero-order chi connectivity index (χ0) is 15.6. The third kappa shape index (κ3) is 3.86. The Balaban J connectivity index is 2.20. The molecule has 2 nitrogen and oxygen atoms in total. The summed E-state index contributed by atoms with van der Waals surface area (Å²) in [6, 6.07) is 11.3. The Bertz CT molecular complexity index is 665. The molecule has 2 aromatic rings. The van der Waals surface area contributed by atoms with Gasteiger partial charge in [0.2, 0.25) is 0 Å². The predicted octanol–water partition coefficient (Wildman–Crippen LogP) is 5.79. The number of anilines is 1. The monoisotopic (exact) mass is 365 g/mol. The summed E-state index contributed by atoms with van der Waals surface area (Å²) in [5.74, 6) is 0.304. The van der Waals surface area contributed by atoms with Crippen LogP contribution in [0.3, 0.4) is 0 Å². The van der Waals surface area contributed by atoms with Crippen LogP contribution in [0.4, 0.5) is 5.69 Å². The SMILES string of the molecule is Cc1cc(Br)c(NC(=O)c2ccc(C(C)C)cc2)cc1Cl. The van der Waals surface area contributed by atoms with E-state index < -0.39 is 0 Å². The van der Waals surface area contributed by atoms with Crippen LogP contribution in [0.2, 0.25) is 5.02 Å². The molecule has 0 aromatic heterocycles. The molecule has 110 valence electrons. The van der Waals surface area contributed by atoms with Gasteiger partial charge in [0.25, 0.3) is 5.91 Å². The number of benzene rings is 2. The second-order valence-electron chi connectivity index (χ2n) is 5.31. The van der Waals surface area contributed by atoms with Crippen molar-refractivity contribution >= 4 is 39.1 Å². The van der Waals surface area contributed by atoms with Crippen molar-refractivity contribution in [2.45, 2.75) is 26.7 Å². The molecule has 0 unspecified atom stereocenters. The summed E-state index contributed by atoms with van der Waals surface area (Å²) < 4.78 is 0.816. The highest BCUT2D eigenvalue weighted by Crippen LogP contribution is 2.29. The van der Waals surface area contributed by atoms with E-state index in [1.165, 1.54) is 5.56 Å². The number of rotatable bonds is 3. The van der Waals surface area contributed by atoms with E-state index in [4.69, 9.17) is 11.6 Å². The van der Waals surface area contributed by atoms with E-state index in [0.717, 1.165) is 10.0 Å². The third-order valence-electron chi connectivity index (χ3n) is 3.34. The van der Waals surface area contributed by atoms with Crippen molar-refractivity contribution in [1.82, 2.24) is 0 Å².